The number of carbonyl (C=O) groups is 3. The number of ketones is 1. The molecule has 0 aromatic heterocycles. The minimum atomic E-state index is -0.774. The van der Waals surface area contributed by atoms with Crippen LogP contribution in [-0.2, 0) is 22.4 Å². The van der Waals surface area contributed by atoms with Gasteiger partial charge in [0.1, 0.15) is 0 Å². The fourth-order valence-corrected chi connectivity index (χ4v) is 5.10. The third-order valence-corrected chi connectivity index (χ3v) is 6.64. The summed E-state index contributed by atoms with van der Waals surface area (Å²) in [6.07, 6.45) is 6.08. The molecule has 0 spiro atoms. The molecule has 138 valence electrons. The lowest BCUT2D eigenvalue weighted by Crippen LogP contribution is -2.37. The van der Waals surface area contributed by atoms with Crippen LogP contribution >= 0.6 is 0 Å². The molecule has 3 aliphatic rings. The van der Waals surface area contributed by atoms with E-state index in [1.54, 1.807) is 4.90 Å². The second-order valence-electron chi connectivity index (χ2n) is 8.08. The van der Waals surface area contributed by atoms with Gasteiger partial charge in [0.05, 0.1) is 5.41 Å². The number of carboxylic acids is 1. The number of hydrogen-bond acceptors (Lipinski definition) is 3. The Bertz CT molecular complexity index is 771. The molecule has 1 N–H and O–H groups in total. The molecular weight excluding hydrogens is 330 g/mol. The van der Waals surface area contributed by atoms with Crippen LogP contribution in [0.5, 0.6) is 0 Å². The lowest BCUT2D eigenvalue weighted by atomic mass is 9.81. The quantitative estimate of drug-likeness (QED) is 0.824. The lowest BCUT2D eigenvalue weighted by Gasteiger charge is -2.23. The van der Waals surface area contributed by atoms with Crippen LogP contribution in [0.1, 0.15) is 60.0 Å². The summed E-state index contributed by atoms with van der Waals surface area (Å²) in [6.45, 7) is 0.830. The predicted octanol–water partition coefficient (Wildman–Crippen LogP) is 2.85. The first kappa shape index (κ1) is 17.3. The van der Waals surface area contributed by atoms with Gasteiger partial charge in [0.25, 0.3) is 0 Å². The van der Waals surface area contributed by atoms with Gasteiger partial charge in [-0.15, -0.1) is 0 Å². The van der Waals surface area contributed by atoms with Crippen molar-refractivity contribution in [2.45, 2.75) is 51.4 Å². The first-order chi connectivity index (χ1) is 12.5. The molecule has 1 heterocycles. The van der Waals surface area contributed by atoms with Gasteiger partial charge in [-0.1, -0.05) is 18.6 Å². The van der Waals surface area contributed by atoms with E-state index < -0.39 is 11.4 Å². The summed E-state index contributed by atoms with van der Waals surface area (Å²) < 4.78 is 0. The highest BCUT2D eigenvalue weighted by atomic mass is 16.4. The number of aryl methyl sites for hydroxylation is 2. The summed E-state index contributed by atoms with van der Waals surface area (Å²) >= 11 is 0. The molecule has 1 amide bonds. The fourth-order valence-electron chi connectivity index (χ4n) is 5.10. The Balaban J connectivity index is 1.36. The summed E-state index contributed by atoms with van der Waals surface area (Å²) in [5, 5.41) is 9.63. The molecule has 5 nitrogen and oxygen atoms in total. The van der Waals surface area contributed by atoms with Gasteiger partial charge in [0, 0.05) is 31.5 Å². The molecule has 1 saturated carbocycles. The number of carboxylic acid groups (broad SMARTS) is 1. The number of fused-ring (bicyclic) bond motifs is 2. The summed E-state index contributed by atoms with van der Waals surface area (Å²) in [5.74, 6) is -0.796. The number of carbonyl (C=O) groups excluding carboxylic acids is 2. The van der Waals surface area contributed by atoms with Crippen LogP contribution in [0.3, 0.4) is 0 Å². The van der Waals surface area contributed by atoms with Gasteiger partial charge in [-0.05, 0) is 55.2 Å². The number of amides is 1. The third-order valence-electron chi connectivity index (χ3n) is 6.64. The molecule has 0 radical (unpaired) electrons. The van der Waals surface area contributed by atoms with Crippen LogP contribution in [0.15, 0.2) is 18.2 Å². The van der Waals surface area contributed by atoms with Gasteiger partial charge in [-0.3, -0.25) is 14.4 Å². The number of likely N-dealkylation sites (tertiary alicyclic amines) is 1. The number of rotatable bonds is 5. The second kappa shape index (κ2) is 6.53. The zero-order valence-electron chi connectivity index (χ0n) is 15.0. The maximum atomic E-state index is 12.5. The minimum Gasteiger partial charge on any atom is -0.481 e. The van der Waals surface area contributed by atoms with Gasteiger partial charge >= 0.3 is 5.97 Å². The highest BCUT2D eigenvalue weighted by Gasteiger charge is 2.55. The van der Waals surface area contributed by atoms with Crippen LogP contribution in [0.25, 0.3) is 0 Å². The Morgan fingerprint density at radius 1 is 1.12 bits per heavy atom. The van der Waals surface area contributed by atoms with Crippen molar-refractivity contribution in [2.24, 2.45) is 11.3 Å². The first-order valence-corrected chi connectivity index (χ1v) is 9.66. The molecule has 5 heteroatoms. The molecule has 26 heavy (non-hydrogen) atoms. The molecule has 1 aromatic rings. The number of aliphatic carboxylic acids is 1. The molecule has 2 fully saturated rings. The summed E-state index contributed by atoms with van der Waals surface area (Å²) in [4.78, 5) is 38.4. The summed E-state index contributed by atoms with van der Waals surface area (Å²) in [5.41, 5.74) is 2.54. The van der Waals surface area contributed by atoms with E-state index in [-0.39, 0.29) is 30.4 Å². The molecule has 1 aliphatic heterocycles. The Morgan fingerprint density at radius 2 is 1.92 bits per heavy atom. The van der Waals surface area contributed by atoms with Gasteiger partial charge in [-0.2, -0.15) is 0 Å². The Kier molecular flexibility index (Phi) is 4.33. The first-order valence-electron chi connectivity index (χ1n) is 9.66. The van der Waals surface area contributed by atoms with Crippen molar-refractivity contribution in [3.63, 3.8) is 0 Å². The van der Waals surface area contributed by atoms with Gasteiger partial charge in [-0.25, -0.2) is 0 Å². The average molecular weight is 355 g/mol. The van der Waals surface area contributed by atoms with Crippen molar-refractivity contribution in [1.29, 1.82) is 0 Å². The van der Waals surface area contributed by atoms with Crippen LogP contribution in [0, 0.1) is 11.3 Å². The molecule has 2 aliphatic carbocycles. The maximum Gasteiger partial charge on any atom is 0.311 e. The SMILES string of the molecule is O=C(CCC(=O)N1C[C@@H]2CCC[C@@]2(C(=O)O)C1)c1ccc2c(c1)CCC2. The summed E-state index contributed by atoms with van der Waals surface area (Å²) in [6, 6.07) is 5.89. The van der Waals surface area contributed by atoms with Crippen LogP contribution in [0.2, 0.25) is 0 Å². The van der Waals surface area contributed by atoms with Crippen molar-refractivity contribution < 1.29 is 19.5 Å². The number of nitrogens with zero attached hydrogens (tertiary/aromatic N) is 1. The van der Waals surface area contributed by atoms with Crippen molar-refractivity contribution in [3.8, 4) is 0 Å². The minimum absolute atomic E-state index is 0.000360. The zero-order valence-corrected chi connectivity index (χ0v) is 15.0. The van der Waals surface area contributed by atoms with Crippen LogP contribution in [0.4, 0.5) is 0 Å². The van der Waals surface area contributed by atoms with E-state index in [0.29, 0.717) is 25.1 Å². The molecule has 1 saturated heterocycles. The fraction of sp³-hybridized carbons (Fsp3) is 0.571. The predicted molar refractivity (Wildman–Crippen MR) is 96.0 cm³/mol. The van der Waals surface area contributed by atoms with Crippen molar-refractivity contribution in [2.75, 3.05) is 13.1 Å². The van der Waals surface area contributed by atoms with E-state index in [9.17, 15) is 19.5 Å². The van der Waals surface area contributed by atoms with E-state index in [1.165, 1.54) is 11.1 Å². The monoisotopic (exact) mass is 355 g/mol. The topological polar surface area (TPSA) is 74.7 Å². The van der Waals surface area contributed by atoms with E-state index in [4.69, 9.17) is 0 Å². The van der Waals surface area contributed by atoms with Crippen LogP contribution < -0.4 is 0 Å². The molecule has 0 bridgehead atoms. The number of Topliss-reactive ketones (excluding diaryl/α,β-unsaturated/α-hetero) is 1. The third kappa shape index (κ3) is 2.83. The summed E-state index contributed by atoms with van der Waals surface area (Å²) in [7, 11) is 0. The van der Waals surface area contributed by atoms with E-state index >= 15 is 0 Å². The van der Waals surface area contributed by atoms with Crippen molar-refractivity contribution in [1.82, 2.24) is 4.90 Å². The van der Waals surface area contributed by atoms with Crippen molar-refractivity contribution >= 4 is 17.7 Å². The van der Waals surface area contributed by atoms with E-state index in [1.807, 2.05) is 18.2 Å². The maximum absolute atomic E-state index is 12.5. The Labute approximate surface area is 153 Å². The Hall–Kier alpha value is -2.17. The van der Waals surface area contributed by atoms with Gasteiger partial charge in [0.2, 0.25) is 5.91 Å². The second-order valence-corrected chi connectivity index (χ2v) is 8.08. The molecular formula is C21H25NO4. The highest BCUT2D eigenvalue weighted by Crippen LogP contribution is 2.49. The van der Waals surface area contributed by atoms with Gasteiger partial charge < -0.3 is 10.0 Å². The van der Waals surface area contributed by atoms with Crippen molar-refractivity contribution in [3.05, 3.63) is 34.9 Å². The molecule has 0 unspecified atom stereocenters. The highest BCUT2D eigenvalue weighted by molar-refractivity contribution is 5.98. The smallest absolute Gasteiger partial charge is 0.311 e. The lowest BCUT2D eigenvalue weighted by molar-refractivity contribution is -0.149. The van der Waals surface area contributed by atoms with E-state index in [0.717, 1.165) is 32.1 Å². The normalized spacial score (nSPS) is 26.6. The largest absolute Gasteiger partial charge is 0.481 e. The molecule has 2 atom stereocenters. The van der Waals surface area contributed by atoms with Gasteiger partial charge in [0.15, 0.2) is 5.78 Å². The standard InChI is InChI=1S/C21H25NO4/c23-18(16-7-6-14-3-1-4-15(14)11-16)8-9-19(24)22-12-17-5-2-10-21(17,13-22)20(25)26/h6-7,11,17H,1-5,8-10,12-13H2,(H,25,26)/t17-,21+/m0/s1. The zero-order chi connectivity index (χ0) is 18.3. The molecule has 1 aromatic carbocycles. The molecule has 4 rings (SSSR count). The number of hydrogen-bond donors (Lipinski definition) is 1. The average Bonchev–Trinajstić information content (AvgIpc) is 3.31. The van der Waals surface area contributed by atoms with E-state index in [2.05, 4.69) is 0 Å². The number of benzene rings is 1. The van der Waals surface area contributed by atoms with Crippen LogP contribution in [-0.4, -0.2) is 40.8 Å². The Morgan fingerprint density at radius 3 is 2.69 bits per heavy atom.